The minimum Gasteiger partial charge on any atom is -0.316 e. The lowest BCUT2D eigenvalue weighted by atomic mass is 9.97. The van der Waals surface area contributed by atoms with Crippen molar-refractivity contribution in [3.63, 3.8) is 0 Å². The number of hydrogen-bond donors (Lipinski definition) is 1. The smallest absolute Gasteiger partial charge is 0.0178 e. The van der Waals surface area contributed by atoms with E-state index in [1.165, 1.54) is 5.56 Å². The first-order valence-corrected chi connectivity index (χ1v) is 6.22. The summed E-state index contributed by atoms with van der Waals surface area (Å²) in [5.74, 6) is 0. The van der Waals surface area contributed by atoms with E-state index in [2.05, 4.69) is 66.3 Å². The second-order valence-corrected chi connectivity index (χ2v) is 6.03. The molecular formula is C13H20BrN. The van der Waals surface area contributed by atoms with E-state index < -0.39 is 0 Å². The molecule has 0 saturated carbocycles. The number of rotatable bonds is 4. The highest BCUT2D eigenvalue weighted by molar-refractivity contribution is 9.10. The Morgan fingerprint density at radius 3 is 2.60 bits per heavy atom. The first-order chi connectivity index (χ1) is 6.97. The molecule has 0 unspecified atom stereocenters. The predicted octanol–water partition coefficient (Wildman–Crippen LogP) is 3.63. The van der Waals surface area contributed by atoms with Crippen molar-refractivity contribution >= 4 is 15.9 Å². The molecule has 0 aliphatic carbocycles. The van der Waals surface area contributed by atoms with Crippen LogP contribution in [0.4, 0.5) is 0 Å². The van der Waals surface area contributed by atoms with Crippen molar-refractivity contribution in [3.8, 4) is 0 Å². The van der Waals surface area contributed by atoms with Crippen molar-refractivity contribution in [2.75, 3.05) is 13.1 Å². The summed E-state index contributed by atoms with van der Waals surface area (Å²) in [6.45, 7) is 8.87. The van der Waals surface area contributed by atoms with Crippen molar-refractivity contribution in [2.24, 2.45) is 5.41 Å². The van der Waals surface area contributed by atoms with Crippen molar-refractivity contribution in [2.45, 2.75) is 27.2 Å². The van der Waals surface area contributed by atoms with Gasteiger partial charge in [0.25, 0.3) is 0 Å². The third-order valence-electron chi connectivity index (χ3n) is 2.13. The third kappa shape index (κ3) is 5.95. The molecule has 15 heavy (non-hydrogen) atoms. The third-order valence-corrected chi connectivity index (χ3v) is 2.63. The van der Waals surface area contributed by atoms with Gasteiger partial charge in [0.1, 0.15) is 0 Å². The molecule has 0 aromatic heterocycles. The summed E-state index contributed by atoms with van der Waals surface area (Å²) in [7, 11) is 0. The summed E-state index contributed by atoms with van der Waals surface area (Å²) in [5, 5.41) is 3.48. The molecule has 1 aromatic carbocycles. The zero-order valence-corrected chi connectivity index (χ0v) is 11.4. The molecule has 0 fully saturated rings. The van der Waals surface area contributed by atoms with Gasteiger partial charge in [-0.25, -0.2) is 0 Å². The first kappa shape index (κ1) is 12.7. The molecule has 0 radical (unpaired) electrons. The van der Waals surface area contributed by atoms with Crippen LogP contribution >= 0.6 is 15.9 Å². The van der Waals surface area contributed by atoms with E-state index >= 15 is 0 Å². The number of hydrogen-bond acceptors (Lipinski definition) is 1. The van der Waals surface area contributed by atoms with Gasteiger partial charge in [-0.15, -0.1) is 0 Å². The van der Waals surface area contributed by atoms with Gasteiger partial charge in [0.15, 0.2) is 0 Å². The fourth-order valence-electron chi connectivity index (χ4n) is 1.39. The molecule has 0 heterocycles. The first-order valence-electron chi connectivity index (χ1n) is 5.42. The van der Waals surface area contributed by atoms with Gasteiger partial charge in [-0.1, -0.05) is 48.8 Å². The van der Waals surface area contributed by atoms with Gasteiger partial charge in [-0.2, -0.15) is 0 Å². The molecule has 1 rings (SSSR count). The summed E-state index contributed by atoms with van der Waals surface area (Å²) in [4.78, 5) is 0. The fourth-order valence-corrected chi connectivity index (χ4v) is 1.84. The highest BCUT2D eigenvalue weighted by Gasteiger charge is 2.08. The van der Waals surface area contributed by atoms with Crippen molar-refractivity contribution in [3.05, 3.63) is 34.3 Å². The topological polar surface area (TPSA) is 12.0 Å². The van der Waals surface area contributed by atoms with E-state index in [1.54, 1.807) is 0 Å². The molecule has 0 amide bonds. The molecule has 1 nitrogen and oxygen atoms in total. The maximum absolute atomic E-state index is 3.48. The largest absolute Gasteiger partial charge is 0.316 e. The van der Waals surface area contributed by atoms with Crippen LogP contribution in [-0.4, -0.2) is 13.1 Å². The van der Waals surface area contributed by atoms with Crippen molar-refractivity contribution < 1.29 is 0 Å². The lowest BCUT2D eigenvalue weighted by molar-refractivity contribution is 0.381. The minimum atomic E-state index is 0.372. The van der Waals surface area contributed by atoms with Gasteiger partial charge in [-0.05, 0) is 36.1 Å². The van der Waals surface area contributed by atoms with E-state index in [1.807, 2.05) is 0 Å². The zero-order chi connectivity index (χ0) is 11.3. The van der Waals surface area contributed by atoms with Gasteiger partial charge in [0.05, 0.1) is 0 Å². The van der Waals surface area contributed by atoms with E-state index in [-0.39, 0.29) is 0 Å². The lowest BCUT2D eigenvalue weighted by Crippen LogP contribution is -2.28. The van der Waals surface area contributed by atoms with Crippen LogP contribution in [0.1, 0.15) is 26.3 Å². The van der Waals surface area contributed by atoms with E-state index in [4.69, 9.17) is 0 Å². The lowest BCUT2D eigenvalue weighted by Gasteiger charge is -2.18. The molecule has 0 saturated heterocycles. The summed E-state index contributed by atoms with van der Waals surface area (Å²) in [5.41, 5.74) is 1.75. The fraction of sp³-hybridized carbons (Fsp3) is 0.538. The van der Waals surface area contributed by atoms with Gasteiger partial charge in [0.2, 0.25) is 0 Å². The highest BCUT2D eigenvalue weighted by Crippen LogP contribution is 2.12. The average molecular weight is 270 g/mol. The van der Waals surface area contributed by atoms with Crippen LogP contribution < -0.4 is 5.32 Å². The summed E-state index contributed by atoms with van der Waals surface area (Å²) >= 11 is 3.48. The number of nitrogens with one attached hydrogen (secondary N) is 1. The Hall–Kier alpha value is -0.340. The second-order valence-electron chi connectivity index (χ2n) is 5.12. The van der Waals surface area contributed by atoms with Crippen LogP contribution in [0.15, 0.2) is 28.7 Å². The summed E-state index contributed by atoms with van der Waals surface area (Å²) in [6.07, 6.45) is 1.09. The number of benzene rings is 1. The Balaban J connectivity index is 2.26. The summed E-state index contributed by atoms with van der Waals surface area (Å²) in [6, 6.07) is 8.50. The Labute approximate surface area is 101 Å². The van der Waals surface area contributed by atoms with Gasteiger partial charge in [-0.3, -0.25) is 0 Å². The molecule has 0 spiro atoms. The summed E-state index contributed by atoms with van der Waals surface area (Å²) < 4.78 is 1.16. The molecule has 2 heteroatoms. The molecule has 0 aliphatic heterocycles. The molecular weight excluding hydrogens is 250 g/mol. The Bertz CT molecular complexity index is 302. The van der Waals surface area contributed by atoms with Crippen LogP contribution in [0.2, 0.25) is 0 Å². The molecule has 1 aromatic rings. The van der Waals surface area contributed by atoms with Crippen LogP contribution in [0, 0.1) is 5.41 Å². The van der Waals surface area contributed by atoms with Crippen LogP contribution in [0.5, 0.6) is 0 Å². The molecule has 0 bridgehead atoms. The van der Waals surface area contributed by atoms with Gasteiger partial charge in [0, 0.05) is 11.0 Å². The zero-order valence-electron chi connectivity index (χ0n) is 9.81. The Morgan fingerprint density at radius 2 is 2.00 bits per heavy atom. The monoisotopic (exact) mass is 269 g/mol. The van der Waals surface area contributed by atoms with Crippen LogP contribution in [0.25, 0.3) is 0 Å². The predicted molar refractivity (Wildman–Crippen MR) is 70.2 cm³/mol. The van der Waals surface area contributed by atoms with Gasteiger partial charge >= 0.3 is 0 Å². The van der Waals surface area contributed by atoms with Gasteiger partial charge < -0.3 is 5.32 Å². The Kier molecular flexibility index (Phi) is 4.81. The number of halogens is 1. The molecule has 0 aliphatic rings. The van der Waals surface area contributed by atoms with Crippen molar-refractivity contribution in [1.82, 2.24) is 5.32 Å². The molecule has 84 valence electrons. The van der Waals surface area contributed by atoms with E-state index in [9.17, 15) is 0 Å². The van der Waals surface area contributed by atoms with Crippen LogP contribution in [-0.2, 0) is 6.42 Å². The van der Waals surface area contributed by atoms with E-state index in [0.717, 1.165) is 24.0 Å². The van der Waals surface area contributed by atoms with E-state index in [0.29, 0.717) is 5.41 Å². The standard InChI is InChI=1S/C13H20BrN/c1-13(2,3)10-15-8-7-11-5-4-6-12(14)9-11/h4-6,9,15H,7-8,10H2,1-3H3. The molecule has 1 N–H and O–H groups in total. The second kappa shape index (κ2) is 5.66. The normalized spacial score (nSPS) is 11.7. The van der Waals surface area contributed by atoms with Crippen LogP contribution in [0.3, 0.4) is 0 Å². The van der Waals surface area contributed by atoms with Crippen molar-refractivity contribution in [1.29, 1.82) is 0 Å². The highest BCUT2D eigenvalue weighted by atomic mass is 79.9. The molecule has 0 atom stereocenters. The quantitative estimate of drug-likeness (QED) is 0.824. The SMILES string of the molecule is CC(C)(C)CNCCc1cccc(Br)c1. The maximum Gasteiger partial charge on any atom is 0.0178 e. The maximum atomic E-state index is 3.48. The average Bonchev–Trinajstić information content (AvgIpc) is 2.11. The minimum absolute atomic E-state index is 0.372. The Morgan fingerprint density at radius 1 is 1.27 bits per heavy atom.